The van der Waals surface area contributed by atoms with Crippen molar-refractivity contribution in [2.45, 2.75) is 0 Å². The lowest BCUT2D eigenvalue weighted by atomic mass is 9.98. The first-order valence-corrected chi connectivity index (χ1v) is 17.9. The Bertz CT molecular complexity index is 3300. The van der Waals surface area contributed by atoms with E-state index >= 15 is 0 Å². The van der Waals surface area contributed by atoms with Crippen molar-refractivity contribution < 1.29 is 4.42 Å². The van der Waals surface area contributed by atoms with E-state index in [1.54, 1.807) is 0 Å². The number of fused-ring (bicyclic) bond motifs is 9. The van der Waals surface area contributed by atoms with E-state index < -0.39 is 0 Å². The summed E-state index contributed by atoms with van der Waals surface area (Å²) in [5.74, 6) is 0. The highest BCUT2D eigenvalue weighted by atomic mass is 16.3. The van der Waals surface area contributed by atoms with Crippen LogP contribution >= 0.6 is 0 Å². The average Bonchev–Trinajstić information content (AvgIpc) is 3.74. The Morgan fingerprint density at radius 2 is 0.962 bits per heavy atom. The minimum Gasteiger partial charge on any atom is -0.456 e. The fourth-order valence-corrected chi connectivity index (χ4v) is 8.30. The molecule has 0 saturated heterocycles. The van der Waals surface area contributed by atoms with Gasteiger partial charge in [-0.3, -0.25) is 4.79 Å². The van der Waals surface area contributed by atoms with E-state index in [2.05, 4.69) is 143 Å². The Labute approximate surface area is 304 Å². The van der Waals surface area contributed by atoms with Crippen LogP contribution in [0.5, 0.6) is 0 Å². The van der Waals surface area contributed by atoms with Crippen LogP contribution in [0.3, 0.4) is 0 Å². The maximum Gasteiger partial charge on any atom is 0.200 e. The summed E-state index contributed by atoms with van der Waals surface area (Å²) < 4.78 is 11.1. The lowest BCUT2D eigenvalue weighted by molar-refractivity contribution is 0.660. The van der Waals surface area contributed by atoms with Gasteiger partial charge in [-0.25, -0.2) is 0 Å². The van der Waals surface area contributed by atoms with Crippen molar-refractivity contribution in [3.63, 3.8) is 0 Å². The number of hydrogen-bond acceptors (Lipinski definition) is 2. The highest BCUT2D eigenvalue weighted by Crippen LogP contribution is 2.42. The van der Waals surface area contributed by atoms with Crippen molar-refractivity contribution in [3.05, 3.63) is 192 Å². The summed E-state index contributed by atoms with van der Waals surface area (Å²) in [7, 11) is 0. The second-order valence-corrected chi connectivity index (χ2v) is 13.7. The molecule has 11 rings (SSSR count). The molecule has 248 valence electrons. The topological polar surface area (TPSA) is 40.1 Å². The van der Waals surface area contributed by atoms with Gasteiger partial charge in [0.2, 0.25) is 5.43 Å². The van der Waals surface area contributed by atoms with Gasteiger partial charge < -0.3 is 13.6 Å². The van der Waals surface area contributed by atoms with E-state index in [1.165, 1.54) is 10.8 Å². The molecule has 0 aliphatic heterocycles. The quantitative estimate of drug-likeness (QED) is 0.174. The van der Waals surface area contributed by atoms with Crippen molar-refractivity contribution in [1.82, 2.24) is 9.13 Å². The van der Waals surface area contributed by atoms with Gasteiger partial charge in [0.1, 0.15) is 11.2 Å². The summed E-state index contributed by atoms with van der Waals surface area (Å²) in [4.78, 5) is 14.5. The van der Waals surface area contributed by atoms with Crippen LogP contribution in [0.15, 0.2) is 191 Å². The highest BCUT2D eigenvalue weighted by Gasteiger charge is 2.21. The van der Waals surface area contributed by atoms with Crippen LogP contribution in [0.1, 0.15) is 0 Å². The molecule has 4 nitrogen and oxygen atoms in total. The van der Waals surface area contributed by atoms with E-state index in [1.807, 2.05) is 48.5 Å². The van der Waals surface area contributed by atoms with Crippen LogP contribution in [-0.2, 0) is 0 Å². The Balaban J connectivity index is 1.16. The van der Waals surface area contributed by atoms with Crippen LogP contribution in [0.2, 0.25) is 0 Å². The van der Waals surface area contributed by atoms with Gasteiger partial charge in [0.15, 0.2) is 0 Å². The van der Waals surface area contributed by atoms with Gasteiger partial charge in [0.25, 0.3) is 0 Å². The molecule has 0 bridgehead atoms. The van der Waals surface area contributed by atoms with Gasteiger partial charge in [-0.1, -0.05) is 115 Å². The standard InChI is InChI=1S/C49H30N2O2/c52-49-40-29-34(33-15-11-14-32(28-33)31-12-3-1-4-13-31)22-26-45(40)53-46-27-23-36(30-41(46)49)51-42-20-9-7-18-37(42)38-24-25-44-47(48(38)51)39-19-8-10-21-43(39)50(44)35-16-5-2-6-17-35/h1-30H. The molecule has 0 atom stereocenters. The summed E-state index contributed by atoms with van der Waals surface area (Å²) in [6.07, 6.45) is 0. The first-order valence-electron chi connectivity index (χ1n) is 17.9. The smallest absolute Gasteiger partial charge is 0.200 e. The van der Waals surface area contributed by atoms with E-state index in [-0.39, 0.29) is 5.43 Å². The van der Waals surface area contributed by atoms with E-state index in [0.717, 1.165) is 66.5 Å². The predicted molar refractivity (Wildman–Crippen MR) is 220 cm³/mol. The molecule has 0 saturated carbocycles. The van der Waals surface area contributed by atoms with Crippen molar-refractivity contribution in [2.75, 3.05) is 0 Å². The van der Waals surface area contributed by atoms with E-state index in [9.17, 15) is 4.79 Å². The third kappa shape index (κ3) is 4.46. The van der Waals surface area contributed by atoms with Crippen LogP contribution in [-0.4, -0.2) is 9.13 Å². The Morgan fingerprint density at radius 3 is 1.75 bits per heavy atom. The van der Waals surface area contributed by atoms with Gasteiger partial charge in [-0.15, -0.1) is 0 Å². The normalized spacial score (nSPS) is 11.8. The number of nitrogens with zero attached hydrogens (tertiary/aromatic N) is 2. The van der Waals surface area contributed by atoms with Gasteiger partial charge in [-0.05, 0) is 89.0 Å². The zero-order valence-electron chi connectivity index (χ0n) is 28.5. The number of rotatable bonds is 4. The molecule has 0 N–H and O–H groups in total. The lowest BCUT2D eigenvalue weighted by Gasteiger charge is -2.11. The number of aromatic nitrogens is 2. The highest BCUT2D eigenvalue weighted by molar-refractivity contribution is 6.26. The van der Waals surface area contributed by atoms with Gasteiger partial charge >= 0.3 is 0 Å². The molecular formula is C49H30N2O2. The maximum absolute atomic E-state index is 14.5. The lowest BCUT2D eigenvalue weighted by Crippen LogP contribution is -2.04. The molecule has 0 amide bonds. The maximum atomic E-state index is 14.5. The van der Waals surface area contributed by atoms with Crippen LogP contribution in [0, 0.1) is 0 Å². The number of para-hydroxylation sites is 3. The summed E-state index contributed by atoms with van der Waals surface area (Å²) in [6, 6.07) is 62.9. The van der Waals surface area contributed by atoms with Crippen molar-refractivity contribution >= 4 is 65.6 Å². The molecule has 0 unspecified atom stereocenters. The fraction of sp³-hybridized carbons (Fsp3) is 0. The molecule has 0 radical (unpaired) electrons. The second-order valence-electron chi connectivity index (χ2n) is 13.7. The van der Waals surface area contributed by atoms with Gasteiger partial charge in [-0.2, -0.15) is 0 Å². The van der Waals surface area contributed by atoms with E-state index in [0.29, 0.717) is 21.9 Å². The minimum absolute atomic E-state index is 0.0456. The number of hydrogen-bond donors (Lipinski definition) is 0. The molecule has 53 heavy (non-hydrogen) atoms. The molecule has 0 aliphatic carbocycles. The Hall–Kier alpha value is -7.17. The molecule has 3 heterocycles. The van der Waals surface area contributed by atoms with Crippen molar-refractivity contribution in [1.29, 1.82) is 0 Å². The second kappa shape index (κ2) is 11.4. The molecule has 0 spiro atoms. The predicted octanol–water partition coefficient (Wildman–Crippen LogP) is 12.5. The van der Waals surface area contributed by atoms with Crippen molar-refractivity contribution in [2.24, 2.45) is 0 Å². The first-order chi connectivity index (χ1) is 26.2. The molecule has 11 aromatic rings. The van der Waals surface area contributed by atoms with Crippen molar-refractivity contribution in [3.8, 4) is 33.6 Å². The molecule has 4 heteroatoms. The zero-order chi connectivity index (χ0) is 35.0. The number of benzene rings is 8. The Kier molecular flexibility index (Phi) is 6.37. The monoisotopic (exact) mass is 678 g/mol. The van der Waals surface area contributed by atoms with Crippen LogP contribution in [0.4, 0.5) is 0 Å². The minimum atomic E-state index is -0.0456. The summed E-state index contributed by atoms with van der Waals surface area (Å²) >= 11 is 0. The molecular weight excluding hydrogens is 649 g/mol. The van der Waals surface area contributed by atoms with Gasteiger partial charge in [0.05, 0.1) is 32.8 Å². The molecule has 3 aromatic heterocycles. The summed E-state index contributed by atoms with van der Waals surface area (Å²) in [5.41, 5.74) is 11.9. The zero-order valence-corrected chi connectivity index (χ0v) is 28.5. The summed E-state index contributed by atoms with van der Waals surface area (Å²) in [5, 5.41) is 5.79. The van der Waals surface area contributed by atoms with E-state index in [4.69, 9.17) is 4.42 Å². The van der Waals surface area contributed by atoms with Crippen LogP contribution < -0.4 is 5.43 Å². The van der Waals surface area contributed by atoms with Crippen LogP contribution in [0.25, 0.3) is 99.2 Å². The third-order valence-electron chi connectivity index (χ3n) is 10.7. The Morgan fingerprint density at radius 1 is 0.358 bits per heavy atom. The molecule has 0 aliphatic rings. The van der Waals surface area contributed by atoms with Gasteiger partial charge in [0, 0.05) is 32.9 Å². The summed E-state index contributed by atoms with van der Waals surface area (Å²) in [6.45, 7) is 0. The largest absolute Gasteiger partial charge is 0.456 e. The SMILES string of the molecule is O=c1c2cc(-c3cccc(-c4ccccc4)c3)ccc2oc2ccc(-n3c4ccccc4c4ccc5c(c6ccccc6n5-c5ccccc5)c43)cc12. The molecule has 8 aromatic carbocycles. The first kappa shape index (κ1) is 29.5. The fourth-order valence-electron chi connectivity index (χ4n) is 8.30. The average molecular weight is 679 g/mol. The third-order valence-corrected chi connectivity index (χ3v) is 10.7. The molecule has 0 fully saturated rings.